The van der Waals surface area contributed by atoms with Crippen molar-refractivity contribution in [2.75, 3.05) is 0 Å². The van der Waals surface area contributed by atoms with Crippen LogP contribution in [0.2, 0.25) is 0 Å². The van der Waals surface area contributed by atoms with Gasteiger partial charge in [-0.2, -0.15) is 0 Å². The van der Waals surface area contributed by atoms with Gasteiger partial charge in [-0.1, -0.05) is 74.3 Å². The van der Waals surface area contributed by atoms with Crippen LogP contribution in [0, 0.1) is 0 Å². The highest BCUT2D eigenvalue weighted by Gasteiger charge is 2.06. The molecule has 0 saturated heterocycles. The molecule has 0 radical (unpaired) electrons. The number of hydrogen-bond donors (Lipinski definition) is 0. The Morgan fingerprint density at radius 2 is 1.32 bits per heavy atom. The van der Waals surface area contributed by atoms with Crippen molar-refractivity contribution in [3.8, 4) is 11.1 Å². The van der Waals surface area contributed by atoms with Crippen LogP contribution in [0.15, 0.2) is 81.7 Å². The van der Waals surface area contributed by atoms with E-state index in [0.29, 0.717) is 0 Å². The van der Waals surface area contributed by atoms with Crippen LogP contribution in [0.4, 0.5) is 0 Å². The van der Waals surface area contributed by atoms with Crippen LogP contribution in [0.5, 0.6) is 0 Å². The van der Waals surface area contributed by atoms with Gasteiger partial charge in [0.25, 0.3) is 0 Å². The Hall–Kier alpha value is -1.64. The summed E-state index contributed by atoms with van der Waals surface area (Å²) in [6.07, 6.45) is 0. The lowest BCUT2D eigenvalue weighted by molar-refractivity contribution is 1.64. The minimum absolute atomic E-state index is 1.11. The van der Waals surface area contributed by atoms with E-state index < -0.39 is 0 Å². The first-order valence-electron chi connectivity index (χ1n) is 7.09. The Bertz CT molecular complexity index is 1000. The van der Waals surface area contributed by atoms with Crippen molar-refractivity contribution >= 4 is 53.4 Å². The summed E-state index contributed by atoms with van der Waals surface area (Å²) in [7, 11) is 0. The Labute approximate surface area is 146 Å². The quantitative estimate of drug-likeness (QED) is 0.311. The Kier molecular flexibility index (Phi) is 3.51. The molecule has 0 unspecified atom stereocenters. The van der Waals surface area contributed by atoms with Crippen molar-refractivity contribution in [3.05, 3.63) is 81.7 Å². The van der Waals surface area contributed by atoms with E-state index in [9.17, 15) is 0 Å². The molecule has 0 aliphatic carbocycles. The van der Waals surface area contributed by atoms with Gasteiger partial charge in [0, 0.05) is 8.95 Å². The van der Waals surface area contributed by atoms with E-state index in [1.807, 2.05) is 0 Å². The first kappa shape index (κ1) is 14.0. The van der Waals surface area contributed by atoms with Crippen LogP contribution in [-0.4, -0.2) is 0 Å². The van der Waals surface area contributed by atoms with E-state index in [0.717, 1.165) is 8.95 Å². The maximum absolute atomic E-state index is 3.63. The molecule has 0 aliphatic heterocycles. The molecule has 0 spiro atoms. The van der Waals surface area contributed by atoms with Crippen LogP contribution in [0.25, 0.3) is 32.7 Å². The third-order valence-corrected chi connectivity index (χ3v) is 4.89. The van der Waals surface area contributed by atoms with E-state index in [4.69, 9.17) is 0 Å². The van der Waals surface area contributed by atoms with Gasteiger partial charge in [0.05, 0.1) is 0 Å². The second kappa shape index (κ2) is 5.53. The number of halogens is 2. The average molecular weight is 412 g/mol. The van der Waals surface area contributed by atoms with Gasteiger partial charge in [0.15, 0.2) is 0 Å². The lowest BCUT2D eigenvalue weighted by Gasteiger charge is -2.10. The van der Waals surface area contributed by atoms with Crippen molar-refractivity contribution in [1.82, 2.24) is 0 Å². The molecule has 2 heteroatoms. The maximum Gasteiger partial charge on any atom is 0.0187 e. The average Bonchev–Trinajstić information content (AvgIpc) is 2.53. The molecule has 0 atom stereocenters. The van der Waals surface area contributed by atoms with Crippen molar-refractivity contribution in [3.63, 3.8) is 0 Å². The van der Waals surface area contributed by atoms with Gasteiger partial charge in [0.2, 0.25) is 0 Å². The number of hydrogen-bond acceptors (Lipinski definition) is 0. The summed E-state index contributed by atoms with van der Waals surface area (Å²) in [6, 6.07) is 25.9. The molecular weight excluding hydrogens is 400 g/mol. The predicted molar refractivity (Wildman–Crippen MR) is 102 cm³/mol. The number of fused-ring (bicyclic) bond motifs is 2. The minimum atomic E-state index is 1.11. The first-order valence-corrected chi connectivity index (χ1v) is 8.67. The standard InChI is InChI=1S/C20H12Br2/c21-17-8-7-13-5-6-15(9-16(13)11-17)20-12-18(22)10-14-3-1-2-4-19(14)20/h1-12H. The maximum atomic E-state index is 3.63. The molecule has 0 bridgehead atoms. The zero-order chi connectivity index (χ0) is 15.1. The molecule has 0 nitrogen and oxygen atoms in total. The van der Waals surface area contributed by atoms with Gasteiger partial charge in [-0.3, -0.25) is 0 Å². The van der Waals surface area contributed by atoms with Gasteiger partial charge in [0.1, 0.15) is 0 Å². The summed E-state index contributed by atoms with van der Waals surface area (Å²) in [5.41, 5.74) is 2.50. The SMILES string of the molecule is Brc1ccc2ccc(-c3cc(Br)cc4ccccc34)cc2c1. The summed E-state index contributed by atoms with van der Waals surface area (Å²) in [5.74, 6) is 0. The largest absolute Gasteiger partial charge is 0.0616 e. The predicted octanol–water partition coefficient (Wildman–Crippen LogP) is 7.19. The Morgan fingerprint density at radius 1 is 0.545 bits per heavy atom. The molecule has 4 rings (SSSR count). The molecule has 22 heavy (non-hydrogen) atoms. The summed E-state index contributed by atoms with van der Waals surface area (Å²) in [4.78, 5) is 0. The normalized spacial score (nSPS) is 11.2. The number of rotatable bonds is 1. The lowest BCUT2D eigenvalue weighted by atomic mass is 9.96. The van der Waals surface area contributed by atoms with Crippen LogP contribution in [-0.2, 0) is 0 Å². The zero-order valence-electron chi connectivity index (χ0n) is 11.7. The summed E-state index contributed by atoms with van der Waals surface area (Å²) in [5, 5.41) is 5.03. The molecule has 0 heterocycles. The van der Waals surface area contributed by atoms with Crippen LogP contribution < -0.4 is 0 Å². The molecule has 4 aromatic rings. The van der Waals surface area contributed by atoms with E-state index in [-0.39, 0.29) is 0 Å². The minimum Gasteiger partial charge on any atom is -0.0616 e. The topological polar surface area (TPSA) is 0 Å². The fourth-order valence-corrected chi connectivity index (χ4v) is 3.75. The molecule has 4 aromatic carbocycles. The molecule has 0 N–H and O–H groups in total. The fraction of sp³-hybridized carbons (Fsp3) is 0. The molecular formula is C20H12Br2. The number of benzene rings is 4. The first-order chi connectivity index (χ1) is 10.7. The Balaban J connectivity index is 2.02. The van der Waals surface area contributed by atoms with Crippen molar-refractivity contribution < 1.29 is 0 Å². The second-order valence-corrected chi connectivity index (χ2v) is 7.21. The molecule has 106 valence electrons. The van der Waals surface area contributed by atoms with Gasteiger partial charge < -0.3 is 0 Å². The second-order valence-electron chi connectivity index (χ2n) is 5.38. The van der Waals surface area contributed by atoms with E-state index in [1.165, 1.54) is 32.7 Å². The molecule has 0 saturated carbocycles. The third kappa shape index (κ3) is 2.47. The molecule has 0 aromatic heterocycles. The molecule has 0 aliphatic rings. The van der Waals surface area contributed by atoms with Gasteiger partial charge >= 0.3 is 0 Å². The monoisotopic (exact) mass is 410 g/mol. The smallest absolute Gasteiger partial charge is 0.0187 e. The third-order valence-electron chi connectivity index (χ3n) is 3.94. The van der Waals surface area contributed by atoms with Crippen molar-refractivity contribution in [2.45, 2.75) is 0 Å². The van der Waals surface area contributed by atoms with Crippen LogP contribution >= 0.6 is 31.9 Å². The van der Waals surface area contributed by atoms with Crippen molar-refractivity contribution in [1.29, 1.82) is 0 Å². The summed E-state index contributed by atoms with van der Waals surface area (Å²) in [6.45, 7) is 0. The highest BCUT2D eigenvalue weighted by atomic mass is 79.9. The highest BCUT2D eigenvalue weighted by molar-refractivity contribution is 9.10. The van der Waals surface area contributed by atoms with Crippen molar-refractivity contribution in [2.24, 2.45) is 0 Å². The molecule has 0 fully saturated rings. The van der Waals surface area contributed by atoms with Gasteiger partial charge in [-0.05, 0) is 63.0 Å². The van der Waals surface area contributed by atoms with Crippen LogP contribution in [0.3, 0.4) is 0 Å². The van der Waals surface area contributed by atoms with Crippen LogP contribution in [0.1, 0.15) is 0 Å². The van der Waals surface area contributed by atoms with E-state index in [2.05, 4.69) is 105 Å². The van der Waals surface area contributed by atoms with Gasteiger partial charge in [-0.15, -0.1) is 0 Å². The lowest BCUT2D eigenvalue weighted by Crippen LogP contribution is -1.83. The highest BCUT2D eigenvalue weighted by Crippen LogP contribution is 2.34. The van der Waals surface area contributed by atoms with E-state index >= 15 is 0 Å². The zero-order valence-corrected chi connectivity index (χ0v) is 14.9. The van der Waals surface area contributed by atoms with E-state index in [1.54, 1.807) is 0 Å². The Morgan fingerprint density at radius 3 is 2.23 bits per heavy atom. The fourth-order valence-electron chi connectivity index (χ4n) is 2.90. The van der Waals surface area contributed by atoms with Gasteiger partial charge in [-0.25, -0.2) is 0 Å². The summed E-state index contributed by atoms with van der Waals surface area (Å²) < 4.78 is 2.21. The summed E-state index contributed by atoms with van der Waals surface area (Å²) >= 11 is 7.19. The molecule has 0 amide bonds.